The molecule has 5 rings (SSSR count). The van der Waals surface area contributed by atoms with Gasteiger partial charge in [0.25, 0.3) is 5.22 Å². The van der Waals surface area contributed by atoms with Crippen LogP contribution in [-0.2, 0) is 0 Å². The molecule has 0 fully saturated rings. The van der Waals surface area contributed by atoms with Gasteiger partial charge in [0.15, 0.2) is 28.5 Å². The second-order valence-corrected chi connectivity index (χ2v) is 11.0. The first kappa shape index (κ1) is 28.7. The molecule has 0 aliphatic rings. The Hall–Kier alpha value is -3.77. The van der Waals surface area contributed by atoms with E-state index in [0.717, 1.165) is 17.4 Å². The van der Waals surface area contributed by atoms with Gasteiger partial charge in [0, 0.05) is 40.4 Å². The number of rotatable bonds is 11. The molecule has 0 aliphatic carbocycles. The topological polar surface area (TPSA) is 116 Å². The summed E-state index contributed by atoms with van der Waals surface area (Å²) in [6.45, 7) is 0. The molecule has 0 aliphatic heterocycles. The van der Waals surface area contributed by atoms with E-state index in [1.807, 2.05) is 30.3 Å². The highest BCUT2D eigenvalue weighted by Gasteiger charge is 2.23. The molecule has 0 saturated carbocycles. The van der Waals surface area contributed by atoms with Crippen LogP contribution >= 0.6 is 35.1 Å². The third kappa shape index (κ3) is 7.12. The zero-order valence-electron chi connectivity index (χ0n) is 21.3. The average Bonchev–Trinajstić information content (AvgIpc) is 3.40. The summed E-state index contributed by atoms with van der Waals surface area (Å²) in [4.78, 5) is 32.0. The van der Waals surface area contributed by atoms with Crippen LogP contribution < -0.4 is 4.81 Å². The van der Waals surface area contributed by atoms with Crippen LogP contribution in [0.25, 0.3) is 11.1 Å². The lowest BCUT2D eigenvalue weighted by atomic mass is 10.1. The lowest BCUT2D eigenvalue weighted by molar-refractivity contribution is 0.0272. The molecule has 1 aromatic heterocycles. The Kier molecular flexibility index (Phi) is 8.99. The second kappa shape index (κ2) is 12.8. The van der Waals surface area contributed by atoms with Gasteiger partial charge in [-0.25, -0.2) is 10.2 Å². The Morgan fingerprint density at radius 1 is 0.902 bits per heavy atom. The van der Waals surface area contributed by atoms with Gasteiger partial charge in [-0.05, 0) is 54.6 Å². The van der Waals surface area contributed by atoms with Crippen LogP contribution in [0.5, 0.6) is 0 Å². The zero-order valence-corrected chi connectivity index (χ0v) is 23.7. The minimum absolute atomic E-state index is 0.0109. The number of fused-ring (bicyclic) bond motifs is 1. The standard InChI is InChI=1S/C30H22ClN3O5S2/c31-22-10-15-29-26(16-22)33-30(39-29)41-18-28(36)21-8-13-25(14-9-21)34(37,38)24-11-6-20(7-12-24)27(35)17-40-19-32-23-4-2-1-3-5-23/h1-16,19,37H,17-18H2. The molecule has 206 valence electrons. The van der Waals surface area contributed by atoms with Crippen molar-refractivity contribution < 1.29 is 19.2 Å². The fourth-order valence-electron chi connectivity index (χ4n) is 3.81. The van der Waals surface area contributed by atoms with E-state index in [4.69, 9.17) is 16.0 Å². The van der Waals surface area contributed by atoms with Crippen LogP contribution in [0.2, 0.25) is 5.02 Å². The van der Waals surface area contributed by atoms with Crippen molar-refractivity contribution in [3.05, 3.63) is 118 Å². The third-order valence-corrected chi connectivity index (χ3v) is 7.73. The minimum Gasteiger partial charge on any atom is -0.588 e. The number of benzene rings is 4. The summed E-state index contributed by atoms with van der Waals surface area (Å²) in [5.74, 6) is -0.0769. The average molecular weight is 604 g/mol. The second-order valence-electron chi connectivity index (χ2n) is 8.78. The zero-order chi connectivity index (χ0) is 28.8. The molecule has 4 aromatic carbocycles. The SMILES string of the molecule is O=C(CSC=Nc1ccccc1)c1ccc([N+]([O-])(O)c2ccc(C(=O)CSc3nc4cc(Cl)ccc4o3)cc2)cc1. The van der Waals surface area contributed by atoms with E-state index in [2.05, 4.69) is 9.98 Å². The number of carbonyl (C=O) groups excluding carboxylic acids is 2. The van der Waals surface area contributed by atoms with Crippen LogP contribution in [0, 0.1) is 5.21 Å². The van der Waals surface area contributed by atoms with Crippen LogP contribution in [0.4, 0.5) is 17.1 Å². The van der Waals surface area contributed by atoms with Gasteiger partial charge in [0.2, 0.25) is 0 Å². The fourth-order valence-corrected chi connectivity index (χ4v) is 5.30. The van der Waals surface area contributed by atoms with Crippen molar-refractivity contribution in [1.82, 2.24) is 9.79 Å². The lowest BCUT2D eigenvalue weighted by Gasteiger charge is -2.32. The molecular formula is C30H22ClN3O5S2. The van der Waals surface area contributed by atoms with Gasteiger partial charge in [0.1, 0.15) is 5.52 Å². The molecule has 1 N–H and O–H groups in total. The number of carbonyl (C=O) groups is 2. The number of para-hydroxylation sites is 1. The van der Waals surface area contributed by atoms with E-state index in [1.54, 1.807) is 23.7 Å². The number of oxazole rings is 1. The largest absolute Gasteiger partial charge is 0.588 e. The number of quaternary nitrogens is 1. The molecule has 1 heterocycles. The van der Waals surface area contributed by atoms with Gasteiger partial charge in [0.05, 0.1) is 22.7 Å². The van der Waals surface area contributed by atoms with E-state index in [9.17, 15) is 20.0 Å². The van der Waals surface area contributed by atoms with Crippen molar-refractivity contribution in [2.45, 2.75) is 5.22 Å². The maximum atomic E-state index is 13.1. The fraction of sp³-hybridized carbons (Fsp3) is 0.0667. The Balaban J connectivity index is 1.17. The number of hydrogen-bond acceptors (Lipinski definition) is 9. The third-order valence-electron chi connectivity index (χ3n) is 5.98. The van der Waals surface area contributed by atoms with Crippen molar-refractivity contribution in [2.75, 3.05) is 11.5 Å². The first-order valence-corrected chi connectivity index (χ1v) is 14.7. The molecule has 1 atom stereocenters. The molecule has 0 saturated heterocycles. The van der Waals surface area contributed by atoms with Crippen molar-refractivity contribution in [2.24, 2.45) is 4.99 Å². The Morgan fingerprint density at radius 2 is 1.51 bits per heavy atom. The van der Waals surface area contributed by atoms with Gasteiger partial charge in [-0.1, -0.05) is 41.6 Å². The minimum atomic E-state index is -1.79. The van der Waals surface area contributed by atoms with Crippen LogP contribution in [0.1, 0.15) is 20.7 Å². The molecule has 1 unspecified atom stereocenters. The van der Waals surface area contributed by atoms with E-state index >= 15 is 0 Å². The van der Waals surface area contributed by atoms with E-state index in [0.29, 0.717) is 32.5 Å². The van der Waals surface area contributed by atoms with E-state index in [-0.39, 0.29) is 34.4 Å². The highest BCUT2D eigenvalue weighted by atomic mass is 35.5. The number of thioether (sulfide) groups is 2. The molecule has 0 spiro atoms. The van der Waals surface area contributed by atoms with Crippen LogP contribution in [0.15, 0.2) is 112 Å². The summed E-state index contributed by atoms with van der Waals surface area (Å²) in [6.07, 6.45) is 0. The molecule has 8 nitrogen and oxygen atoms in total. The molecule has 11 heteroatoms. The van der Waals surface area contributed by atoms with Crippen molar-refractivity contribution in [1.29, 1.82) is 0 Å². The number of hydrogen-bond donors (Lipinski definition) is 1. The summed E-state index contributed by atoms with van der Waals surface area (Å²) in [7, 11) is 0. The quantitative estimate of drug-likeness (QED) is 0.0400. The molecule has 0 amide bonds. The number of nitrogens with zero attached hydrogens (tertiary/aromatic N) is 3. The highest BCUT2D eigenvalue weighted by Crippen LogP contribution is 2.32. The Labute approximate surface area is 248 Å². The van der Waals surface area contributed by atoms with E-state index in [1.165, 1.54) is 60.3 Å². The van der Waals surface area contributed by atoms with Crippen molar-refractivity contribution >= 4 is 80.4 Å². The number of aliphatic imine (C=N–C) groups is 1. The summed E-state index contributed by atoms with van der Waals surface area (Å²) in [5.41, 5.74) is 4.41. The van der Waals surface area contributed by atoms with E-state index < -0.39 is 4.81 Å². The van der Waals surface area contributed by atoms with Gasteiger partial charge in [-0.2, -0.15) is 0 Å². The van der Waals surface area contributed by atoms with Gasteiger partial charge in [-0.15, -0.1) is 16.6 Å². The predicted octanol–water partition coefficient (Wildman–Crippen LogP) is 8.26. The first-order chi connectivity index (χ1) is 19.8. The molecule has 41 heavy (non-hydrogen) atoms. The van der Waals surface area contributed by atoms with Crippen molar-refractivity contribution in [3.63, 3.8) is 0 Å². The van der Waals surface area contributed by atoms with Crippen molar-refractivity contribution in [3.8, 4) is 0 Å². The predicted molar refractivity (Wildman–Crippen MR) is 165 cm³/mol. The molecule has 0 bridgehead atoms. The molecule has 5 aromatic rings. The van der Waals surface area contributed by atoms with Crippen LogP contribution in [0.3, 0.4) is 0 Å². The lowest BCUT2D eigenvalue weighted by Crippen LogP contribution is -2.32. The number of ketones is 2. The number of Topliss-reactive ketones (excluding diaryl/α,β-unsaturated/α-hetero) is 2. The summed E-state index contributed by atoms with van der Waals surface area (Å²) in [5, 5.41) is 24.7. The van der Waals surface area contributed by atoms with Gasteiger partial charge >= 0.3 is 0 Å². The normalized spacial score (nSPS) is 13.0. The maximum Gasteiger partial charge on any atom is 0.257 e. The number of aromatic nitrogens is 1. The summed E-state index contributed by atoms with van der Waals surface area (Å²) >= 11 is 8.39. The first-order valence-electron chi connectivity index (χ1n) is 12.3. The van der Waals surface area contributed by atoms with Crippen LogP contribution in [-0.4, -0.2) is 38.8 Å². The Morgan fingerprint density at radius 3 is 2.15 bits per heavy atom. The molecule has 0 radical (unpaired) electrons. The monoisotopic (exact) mass is 603 g/mol. The summed E-state index contributed by atoms with van der Waals surface area (Å²) < 4.78 is 5.62. The number of halogens is 1. The maximum absolute atomic E-state index is 13.1. The smallest absolute Gasteiger partial charge is 0.257 e. The van der Waals surface area contributed by atoms with Gasteiger partial charge < -0.3 is 9.62 Å². The Bertz CT molecular complexity index is 1710. The molecular weight excluding hydrogens is 582 g/mol. The summed E-state index contributed by atoms with van der Waals surface area (Å²) in [6, 6.07) is 26.1. The highest BCUT2D eigenvalue weighted by molar-refractivity contribution is 8.12. The van der Waals surface area contributed by atoms with Gasteiger partial charge in [-0.3, -0.25) is 14.6 Å².